The van der Waals surface area contributed by atoms with Gasteiger partial charge in [-0.05, 0) is 42.7 Å². The van der Waals surface area contributed by atoms with Crippen LogP contribution in [0.15, 0.2) is 24.3 Å². The van der Waals surface area contributed by atoms with Crippen molar-refractivity contribution in [3.8, 4) is 0 Å². The van der Waals surface area contributed by atoms with Crippen LogP contribution in [-0.2, 0) is 11.2 Å². The van der Waals surface area contributed by atoms with Crippen molar-refractivity contribution in [2.75, 3.05) is 13.7 Å². The molecule has 0 saturated heterocycles. The van der Waals surface area contributed by atoms with E-state index in [9.17, 15) is 0 Å². The summed E-state index contributed by atoms with van der Waals surface area (Å²) in [5, 5.41) is 0. The van der Waals surface area contributed by atoms with Gasteiger partial charge >= 0.3 is 0 Å². The molecule has 0 heterocycles. The van der Waals surface area contributed by atoms with Gasteiger partial charge in [-0.2, -0.15) is 0 Å². The lowest BCUT2D eigenvalue weighted by molar-refractivity contribution is 0.190. The van der Waals surface area contributed by atoms with Crippen molar-refractivity contribution in [1.82, 2.24) is 0 Å². The summed E-state index contributed by atoms with van der Waals surface area (Å²) < 4.78 is 5.09. The molecular formula is C13H18O. The largest absolute Gasteiger partial charge is 0.385 e. The van der Waals surface area contributed by atoms with E-state index < -0.39 is 0 Å². The van der Waals surface area contributed by atoms with Crippen molar-refractivity contribution in [2.45, 2.75) is 31.6 Å². The van der Waals surface area contributed by atoms with Gasteiger partial charge in [-0.15, -0.1) is 0 Å². The highest BCUT2D eigenvalue weighted by atomic mass is 16.5. The van der Waals surface area contributed by atoms with Gasteiger partial charge in [0, 0.05) is 13.7 Å². The lowest BCUT2D eigenvalue weighted by Gasteiger charge is -2.10. The molecule has 1 atom stereocenters. The van der Waals surface area contributed by atoms with Crippen LogP contribution >= 0.6 is 0 Å². The molecule has 0 fully saturated rings. The molecular weight excluding hydrogens is 172 g/mol. The summed E-state index contributed by atoms with van der Waals surface area (Å²) in [5.41, 5.74) is 3.15. The smallest absolute Gasteiger partial charge is 0.0462 e. The predicted molar refractivity (Wildman–Crippen MR) is 58.6 cm³/mol. The molecule has 2 rings (SSSR count). The molecule has 0 N–H and O–H groups in total. The Morgan fingerprint density at radius 1 is 1.36 bits per heavy atom. The molecule has 0 radical (unpaired) electrons. The maximum absolute atomic E-state index is 5.09. The van der Waals surface area contributed by atoms with E-state index >= 15 is 0 Å². The minimum absolute atomic E-state index is 0.793. The standard InChI is InChI=1S/C13H18O/c1-14-10-4-6-12-9-8-11-5-2-3-7-13(11)12/h2-3,5,7,12H,4,6,8-10H2,1H3. The Morgan fingerprint density at radius 2 is 2.21 bits per heavy atom. The number of rotatable bonds is 4. The van der Waals surface area contributed by atoms with Gasteiger partial charge < -0.3 is 4.74 Å². The summed E-state index contributed by atoms with van der Waals surface area (Å²) >= 11 is 0. The molecule has 0 aliphatic heterocycles. The van der Waals surface area contributed by atoms with E-state index in [1.54, 1.807) is 18.2 Å². The molecule has 0 amide bonds. The monoisotopic (exact) mass is 190 g/mol. The Labute approximate surface area is 86.1 Å². The molecule has 1 aromatic rings. The zero-order chi connectivity index (χ0) is 9.80. The number of benzene rings is 1. The average Bonchev–Trinajstić information content (AvgIpc) is 2.63. The second kappa shape index (κ2) is 4.61. The van der Waals surface area contributed by atoms with Gasteiger partial charge in [-0.1, -0.05) is 24.3 Å². The molecule has 1 aliphatic carbocycles. The number of hydrogen-bond donors (Lipinski definition) is 0. The highest BCUT2D eigenvalue weighted by Crippen LogP contribution is 2.35. The molecule has 76 valence electrons. The molecule has 1 unspecified atom stereocenters. The molecule has 14 heavy (non-hydrogen) atoms. The molecule has 1 aliphatic rings. The summed E-state index contributed by atoms with van der Waals surface area (Å²) in [6.45, 7) is 0.901. The van der Waals surface area contributed by atoms with Crippen molar-refractivity contribution in [2.24, 2.45) is 0 Å². The summed E-state index contributed by atoms with van der Waals surface area (Å²) in [6, 6.07) is 8.87. The second-order valence-corrected chi connectivity index (χ2v) is 4.07. The Bertz CT molecular complexity index is 293. The van der Waals surface area contributed by atoms with Crippen LogP contribution in [0.4, 0.5) is 0 Å². The molecule has 1 heteroatoms. The van der Waals surface area contributed by atoms with Gasteiger partial charge in [0.05, 0.1) is 0 Å². The fourth-order valence-corrected chi connectivity index (χ4v) is 2.42. The minimum Gasteiger partial charge on any atom is -0.385 e. The third-order valence-corrected chi connectivity index (χ3v) is 3.16. The topological polar surface area (TPSA) is 9.23 Å². The third-order valence-electron chi connectivity index (χ3n) is 3.16. The second-order valence-electron chi connectivity index (χ2n) is 4.07. The summed E-state index contributed by atoms with van der Waals surface area (Å²) in [7, 11) is 1.78. The van der Waals surface area contributed by atoms with Crippen LogP contribution in [0.25, 0.3) is 0 Å². The van der Waals surface area contributed by atoms with Crippen LogP contribution in [-0.4, -0.2) is 13.7 Å². The lowest BCUT2D eigenvalue weighted by atomic mass is 9.96. The number of aryl methyl sites for hydroxylation is 1. The fourth-order valence-electron chi connectivity index (χ4n) is 2.42. The van der Waals surface area contributed by atoms with E-state index in [1.807, 2.05) is 0 Å². The number of hydrogen-bond acceptors (Lipinski definition) is 1. The van der Waals surface area contributed by atoms with Crippen LogP contribution < -0.4 is 0 Å². The zero-order valence-electron chi connectivity index (χ0n) is 8.83. The van der Waals surface area contributed by atoms with E-state index in [4.69, 9.17) is 4.74 Å². The van der Waals surface area contributed by atoms with Crippen molar-refractivity contribution in [1.29, 1.82) is 0 Å². The van der Waals surface area contributed by atoms with Crippen LogP contribution in [0, 0.1) is 0 Å². The van der Waals surface area contributed by atoms with Crippen LogP contribution in [0.5, 0.6) is 0 Å². The zero-order valence-corrected chi connectivity index (χ0v) is 8.83. The Balaban J connectivity index is 1.96. The van der Waals surface area contributed by atoms with Crippen molar-refractivity contribution < 1.29 is 4.74 Å². The van der Waals surface area contributed by atoms with Crippen molar-refractivity contribution >= 4 is 0 Å². The number of ether oxygens (including phenoxy) is 1. The summed E-state index contributed by atoms with van der Waals surface area (Å²) in [6.07, 6.45) is 5.08. The molecule has 1 nitrogen and oxygen atoms in total. The van der Waals surface area contributed by atoms with E-state index in [-0.39, 0.29) is 0 Å². The van der Waals surface area contributed by atoms with Gasteiger partial charge in [0.15, 0.2) is 0 Å². The van der Waals surface area contributed by atoms with Crippen LogP contribution in [0.3, 0.4) is 0 Å². The highest BCUT2D eigenvalue weighted by Gasteiger charge is 2.20. The van der Waals surface area contributed by atoms with E-state index in [0.717, 1.165) is 12.5 Å². The van der Waals surface area contributed by atoms with E-state index in [1.165, 1.54) is 25.7 Å². The number of methoxy groups -OCH3 is 1. The maximum Gasteiger partial charge on any atom is 0.0462 e. The minimum atomic E-state index is 0.793. The van der Waals surface area contributed by atoms with E-state index in [0.29, 0.717) is 0 Å². The van der Waals surface area contributed by atoms with Crippen molar-refractivity contribution in [3.05, 3.63) is 35.4 Å². The Hall–Kier alpha value is -0.820. The lowest BCUT2D eigenvalue weighted by Crippen LogP contribution is -1.96. The average molecular weight is 190 g/mol. The first-order valence-electron chi connectivity index (χ1n) is 5.48. The summed E-state index contributed by atoms with van der Waals surface area (Å²) in [5.74, 6) is 0.793. The first-order valence-corrected chi connectivity index (χ1v) is 5.48. The van der Waals surface area contributed by atoms with Crippen molar-refractivity contribution in [3.63, 3.8) is 0 Å². The third kappa shape index (κ3) is 1.98. The molecule has 0 saturated carbocycles. The van der Waals surface area contributed by atoms with Gasteiger partial charge in [-0.25, -0.2) is 0 Å². The quantitative estimate of drug-likeness (QED) is 0.663. The molecule has 0 bridgehead atoms. The Kier molecular flexibility index (Phi) is 3.20. The van der Waals surface area contributed by atoms with Crippen LogP contribution in [0.1, 0.15) is 36.3 Å². The molecule has 1 aromatic carbocycles. The van der Waals surface area contributed by atoms with Gasteiger partial charge in [0.25, 0.3) is 0 Å². The number of fused-ring (bicyclic) bond motifs is 1. The van der Waals surface area contributed by atoms with Gasteiger partial charge in [0.1, 0.15) is 0 Å². The van der Waals surface area contributed by atoms with E-state index in [2.05, 4.69) is 24.3 Å². The first-order chi connectivity index (χ1) is 6.92. The van der Waals surface area contributed by atoms with Crippen LogP contribution in [0.2, 0.25) is 0 Å². The highest BCUT2D eigenvalue weighted by molar-refractivity contribution is 5.34. The summed E-state index contributed by atoms with van der Waals surface area (Å²) in [4.78, 5) is 0. The first kappa shape index (κ1) is 9.72. The maximum atomic E-state index is 5.09. The molecule has 0 aromatic heterocycles. The van der Waals surface area contributed by atoms with Gasteiger partial charge in [-0.3, -0.25) is 0 Å². The predicted octanol–water partition coefficient (Wildman–Crippen LogP) is 3.14. The Morgan fingerprint density at radius 3 is 3.07 bits per heavy atom. The molecule has 0 spiro atoms. The van der Waals surface area contributed by atoms with Gasteiger partial charge in [0.2, 0.25) is 0 Å². The fraction of sp³-hybridized carbons (Fsp3) is 0.538. The normalized spacial score (nSPS) is 19.6. The SMILES string of the molecule is COCCCC1CCc2ccccc21.